The highest BCUT2D eigenvalue weighted by atomic mass is 127. The van der Waals surface area contributed by atoms with Gasteiger partial charge in [-0.2, -0.15) is 0 Å². The van der Waals surface area contributed by atoms with Crippen LogP contribution in [0.2, 0.25) is 0 Å². The Bertz CT molecular complexity index is 1100. The molecule has 0 aliphatic carbocycles. The summed E-state index contributed by atoms with van der Waals surface area (Å²) in [4.78, 5) is 27.4. The average molecular weight is 589 g/mol. The van der Waals surface area contributed by atoms with Crippen LogP contribution in [0.15, 0.2) is 48.5 Å². The first-order valence-corrected chi connectivity index (χ1v) is 13.2. The first-order chi connectivity index (χ1) is 15.2. The number of halogens is 2. The van der Waals surface area contributed by atoms with Gasteiger partial charge in [-0.15, -0.1) is 0 Å². The van der Waals surface area contributed by atoms with Crippen LogP contribution in [-0.4, -0.2) is 49.5 Å². The molecule has 0 aromatic heterocycles. The van der Waals surface area contributed by atoms with Gasteiger partial charge < -0.3 is 10.2 Å². The fourth-order valence-corrected chi connectivity index (χ4v) is 4.30. The maximum absolute atomic E-state index is 14.4. The van der Waals surface area contributed by atoms with Crippen molar-refractivity contribution in [1.82, 2.24) is 10.2 Å². The lowest BCUT2D eigenvalue weighted by Gasteiger charge is -2.33. The molecule has 0 aliphatic heterocycles. The lowest BCUT2D eigenvalue weighted by atomic mass is 10.1. The molecule has 33 heavy (non-hydrogen) atoms. The van der Waals surface area contributed by atoms with E-state index in [1.807, 2.05) is 20.8 Å². The van der Waals surface area contributed by atoms with E-state index >= 15 is 0 Å². The topological polar surface area (TPSA) is 86.8 Å². The third kappa shape index (κ3) is 7.95. The minimum atomic E-state index is -3.81. The van der Waals surface area contributed by atoms with Crippen molar-refractivity contribution < 1.29 is 22.4 Å². The summed E-state index contributed by atoms with van der Waals surface area (Å²) >= 11 is 2.10. The summed E-state index contributed by atoms with van der Waals surface area (Å²) in [5, 5.41) is 2.82. The van der Waals surface area contributed by atoms with Crippen molar-refractivity contribution in [1.29, 1.82) is 0 Å². The van der Waals surface area contributed by atoms with Crippen molar-refractivity contribution in [2.24, 2.45) is 0 Å². The second-order valence-corrected chi connectivity index (χ2v) is 11.9. The third-order valence-corrected chi connectivity index (χ3v) is 6.62. The first kappa shape index (κ1) is 27.0. The predicted octanol–water partition coefficient (Wildman–Crippen LogP) is 3.53. The minimum absolute atomic E-state index is 0.186. The van der Waals surface area contributed by atoms with Crippen molar-refractivity contribution in [3.8, 4) is 0 Å². The Labute approximate surface area is 208 Å². The second kappa shape index (κ2) is 10.8. The zero-order valence-electron chi connectivity index (χ0n) is 19.3. The van der Waals surface area contributed by atoms with Gasteiger partial charge in [0.25, 0.3) is 0 Å². The van der Waals surface area contributed by atoms with E-state index in [9.17, 15) is 22.4 Å². The zero-order chi connectivity index (χ0) is 25.0. The van der Waals surface area contributed by atoms with Crippen LogP contribution < -0.4 is 9.62 Å². The maximum Gasteiger partial charge on any atom is 0.244 e. The molecular weight excluding hydrogens is 560 g/mol. The standard InChI is InChI=1S/C23H29FIN3O4S/c1-16(22(30)26-23(2,3)4)27(14-17-8-6-7-9-20(17)24)21(29)15-28(33(5,31)32)19-12-10-18(25)11-13-19/h6-13,16H,14-15H2,1-5H3,(H,26,30)/t16-/m0/s1. The van der Waals surface area contributed by atoms with Gasteiger partial charge in [-0.3, -0.25) is 13.9 Å². The lowest BCUT2D eigenvalue weighted by Crippen LogP contribution is -2.54. The number of benzene rings is 2. The molecule has 2 aromatic rings. The van der Waals surface area contributed by atoms with Crippen LogP contribution in [-0.2, 0) is 26.2 Å². The van der Waals surface area contributed by atoms with E-state index in [1.54, 1.807) is 30.3 Å². The molecule has 0 aliphatic rings. The van der Waals surface area contributed by atoms with Crippen molar-refractivity contribution in [2.75, 3.05) is 17.1 Å². The summed E-state index contributed by atoms with van der Waals surface area (Å²) in [5.41, 5.74) is 0.00299. The molecular formula is C23H29FIN3O4S. The number of nitrogens with one attached hydrogen (secondary N) is 1. The van der Waals surface area contributed by atoms with Gasteiger partial charge in [-0.25, -0.2) is 12.8 Å². The number of hydrogen-bond acceptors (Lipinski definition) is 4. The van der Waals surface area contributed by atoms with Crippen LogP contribution >= 0.6 is 22.6 Å². The van der Waals surface area contributed by atoms with Crippen LogP contribution in [0.4, 0.5) is 10.1 Å². The van der Waals surface area contributed by atoms with E-state index in [4.69, 9.17) is 0 Å². The molecule has 0 heterocycles. The van der Waals surface area contributed by atoms with Crippen LogP contribution in [0, 0.1) is 9.39 Å². The van der Waals surface area contributed by atoms with Gasteiger partial charge in [0.05, 0.1) is 11.9 Å². The number of carbonyl (C=O) groups is 2. The summed E-state index contributed by atoms with van der Waals surface area (Å²) in [6.07, 6.45) is 1.01. The highest BCUT2D eigenvalue weighted by Crippen LogP contribution is 2.21. The Balaban J connectivity index is 2.41. The van der Waals surface area contributed by atoms with Crippen molar-refractivity contribution >= 4 is 50.1 Å². The molecule has 10 heteroatoms. The highest BCUT2D eigenvalue weighted by Gasteiger charge is 2.31. The van der Waals surface area contributed by atoms with Crippen molar-refractivity contribution in [2.45, 2.75) is 45.8 Å². The maximum atomic E-state index is 14.4. The predicted molar refractivity (Wildman–Crippen MR) is 136 cm³/mol. The van der Waals surface area contributed by atoms with Gasteiger partial charge in [0, 0.05) is 21.2 Å². The summed E-state index contributed by atoms with van der Waals surface area (Å²) in [7, 11) is -3.81. The molecule has 0 spiro atoms. The molecule has 1 atom stereocenters. The molecule has 0 saturated carbocycles. The molecule has 0 unspecified atom stereocenters. The molecule has 2 aromatic carbocycles. The van der Waals surface area contributed by atoms with Crippen LogP contribution in [0.5, 0.6) is 0 Å². The Morgan fingerprint density at radius 2 is 1.67 bits per heavy atom. The zero-order valence-corrected chi connectivity index (χ0v) is 22.3. The molecule has 7 nitrogen and oxygen atoms in total. The Morgan fingerprint density at radius 3 is 2.18 bits per heavy atom. The number of sulfonamides is 1. The van der Waals surface area contributed by atoms with Gasteiger partial charge in [-0.1, -0.05) is 18.2 Å². The van der Waals surface area contributed by atoms with E-state index < -0.39 is 45.8 Å². The number of carbonyl (C=O) groups excluding carboxylic acids is 2. The fourth-order valence-electron chi connectivity index (χ4n) is 3.09. The number of nitrogens with zero attached hydrogens (tertiary/aromatic N) is 2. The van der Waals surface area contributed by atoms with Gasteiger partial charge in [0.1, 0.15) is 18.4 Å². The summed E-state index contributed by atoms with van der Waals surface area (Å²) in [6.45, 7) is 6.25. The SMILES string of the molecule is C[C@@H](C(=O)NC(C)(C)C)N(Cc1ccccc1F)C(=O)CN(c1ccc(I)cc1)S(C)(=O)=O. The summed E-state index contributed by atoms with van der Waals surface area (Å²) < 4.78 is 41.2. The Hall–Kier alpha value is -2.21. The third-order valence-electron chi connectivity index (χ3n) is 4.76. The van der Waals surface area contributed by atoms with Gasteiger partial charge in [0.2, 0.25) is 21.8 Å². The normalized spacial score (nSPS) is 12.7. The lowest BCUT2D eigenvalue weighted by molar-refractivity contribution is -0.140. The quantitative estimate of drug-likeness (QED) is 0.478. The number of anilines is 1. The van der Waals surface area contributed by atoms with Crippen LogP contribution in [0.1, 0.15) is 33.3 Å². The van der Waals surface area contributed by atoms with Gasteiger partial charge in [0.15, 0.2) is 0 Å². The average Bonchev–Trinajstić information content (AvgIpc) is 2.69. The van der Waals surface area contributed by atoms with Crippen LogP contribution in [0.3, 0.4) is 0 Å². The second-order valence-electron chi connectivity index (χ2n) is 8.77. The van der Waals surface area contributed by atoms with E-state index in [2.05, 4.69) is 27.9 Å². The highest BCUT2D eigenvalue weighted by molar-refractivity contribution is 14.1. The summed E-state index contributed by atoms with van der Waals surface area (Å²) in [5.74, 6) is -1.57. The number of rotatable bonds is 8. The molecule has 2 amide bonds. The molecule has 0 bridgehead atoms. The molecule has 180 valence electrons. The van der Waals surface area contributed by atoms with Gasteiger partial charge >= 0.3 is 0 Å². The number of amides is 2. The molecule has 1 N–H and O–H groups in total. The Morgan fingerprint density at radius 1 is 1.09 bits per heavy atom. The largest absolute Gasteiger partial charge is 0.350 e. The fraction of sp³-hybridized carbons (Fsp3) is 0.391. The molecule has 0 saturated heterocycles. The Kier molecular flexibility index (Phi) is 8.86. The molecule has 0 fully saturated rings. The van der Waals surface area contributed by atoms with Gasteiger partial charge in [-0.05, 0) is 80.6 Å². The smallest absolute Gasteiger partial charge is 0.244 e. The van der Waals surface area contributed by atoms with E-state index in [0.29, 0.717) is 5.69 Å². The molecule has 0 radical (unpaired) electrons. The van der Waals surface area contributed by atoms with Crippen LogP contribution in [0.25, 0.3) is 0 Å². The number of hydrogen-bond donors (Lipinski definition) is 1. The summed E-state index contributed by atoms with van der Waals surface area (Å²) in [6, 6.07) is 11.7. The van der Waals surface area contributed by atoms with E-state index in [0.717, 1.165) is 14.1 Å². The monoisotopic (exact) mass is 589 g/mol. The minimum Gasteiger partial charge on any atom is -0.350 e. The van der Waals surface area contributed by atoms with Crippen molar-refractivity contribution in [3.05, 3.63) is 63.5 Å². The first-order valence-electron chi connectivity index (χ1n) is 10.3. The van der Waals surface area contributed by atoms with Crippen molar-refractivity contribution in [3.63, 3.8) is 0 Å². The van der Waals surface area contributed by atoms with E-state index in [-0.39, 0.29) is 12.1 Å². The molecule has 2 rings (SSSR count). The van der Waals surface area contributed by atoms with E-state index in [1.165, 1.54) is 30.0 Å².